The molecule has 1 aromatic rings. The van der Waals surface area contributed by atoms with Crippen molar-refractivity contribution in [2.75, 3.05) is 11.1 Å². The van der Waals surface area contributed by atoms with Gasteiger partial charge in [0.1, 0.15) is 0 Å². The minimum absolute atomic E-state index is 0.173. The van der Waals surface area contributed by atoms with Gasteiger partial charge in [-0.3, -0.25) is 4.79 Å². The average Bonchev–Trinajstić information content (AvgIpc) is 2.43. The molecule has 1 aromatic carbocycles. The summed E-state index contributed by atoms with van der Waals surface area (Å²) in [5.41, 5.74) is 1.42. The van der Waals surface area contributed by atoms with Crippen molar-refractivity contribution in [2.24, 2.45) is 0 Å². The number of hydrogen-bond donors (Lipinski definition) is 1. The molecule has 4 nitrogen and oxygen atoms in total. The largest absolute Gasteiger partial charge is 0.329 e. The van der Waals surface area contributed by atoms with Crippen LogP contribution in [0.25, 0.3) is 0 Å². The maximum atomic E-state index is 11.4. The smallest absolute Gasteiger partial charge is 0.211 e. The molecule has 1 amide bonds. The highest BCUT2D eigenvalue weighted by Crippen LogP contribution is 2.27. The summed E-state index contributed by atoms with van der Waals surface area (Å²) in [6.45, 7) is 0. The number of fused-ring (bicyclic) bond motifs is 1. The fourth-order valence-corrected chi connectivity index (χ4v) is 3.13. The summed E-state index contributed by atoms with van der Waals surface area (Å²) in [4.78, 5) is 10.6. The Bertz CT molecular complexity index is 479. The van der Waals surface area contributed by atoms with Crippen LogP contribution in [-0.4, -0.2) is 20.6 Å². The lowest BCUT2D eigenvalue weighted by atomic mass is 10.1. The lowest BCUT2D eigenvalue weighted by molar-refractivity contribution is -0.105. The molecule has 0 atom stereocenters. The lowest BCUT2D eigenvalue weighted by Gasteiger charge is -2.01. The monoisotopic (exact) mass is 211 g/mol. The summed E-state index contributed by atoms with van der Waals surface area (Å²) < 4.78 is 22.9. The van der Waals surface area contributed by atoms with Gasteiger partial charge in [0.05, 0.1) is 10.6 Å². The number of sulfone groups is 1. The summed E-state index contributed by atoms with van der Waals surface area (Å²) in [6, 6.07) is 4.84. The number of aryl methyl sites for hydroxylation is 1. The number of rotatable bonds is 2. The van der Waals surface area contributed by atoms with Crippen LogP contribution in [0.5, 0.6) is 0 Å². The zero-order chi connectivity index (χ0) is 10.2. The molecule has 0 aliphatic carbocycles. The molecule has 1 N–H and O–H groups in total. The minimum Gasteiger partial charge on any atom is -0.329 e. The van der Waals surface area contributed by atoms with E-state index in [1.807, 2.05) is 0 Å². The average molecular weight is 211 g/mol. The van der Waals surface area contributed by atoms with Crippen molar-refractivity contribution >= 4 is 21.9 Å². The number of amides is 1. The molecule has 1 heterocycles. The van der Waals surface area contributed by atoms with Gasteiger partial charge in [-0.05, 0) is 30.2 Å². The van der Waals surface area contributed by atoms with E-state index in [-0.39, 0.29) is 5.75 Å². The van der Waals surface area contributed by atoms with Gasteiger partial charge in [0, 0.05) is 5.69 Å². The molecule has 0 bridgehead atoms. The van der Waals surface area contributed by atoms with E-state index in [0.29, 0.717) is 23.4 Å². The molecular formula is C9H9NO3S. The number of nitrogens with one attached hydrogen (secondary N) is 1. The summed E-state index contributed by atoms with van der Waals surface area (Å²) in [5.74, 6) is 0.173. The van der Waals surface area contributed by atoms with Crippen LogP contribution in [0, 0.1) is 0 Å². The van der Waals surface area contributed by atoms with E-state index in [1.54, 1.807) is 18.2 Å². The SMILES string of the molecule is O=CNc1ccc2c(c1)CCS2(=O)=O. The van der Waals surface area contributed by atoms with Gasteiger partial charge < -0.3 is 5.32 Å². The van der Waals surface area contributed by atoms with E-state index in [9.17, 15) is 13.2 Å². The molecule has 74 valence electrons. The Balaban J connectivity index is 2.49. The molecule has 1 aliphatic heterocycles. The van der Waals surface area contributed by atoms with Crippen molar-refractivity contribution < 1.29 is 13.2 Å². The van der Waals surface area contributed by atoms with Gasteiger partial charge in [0.15, 0.2) is 9.84 Å². The van der Waals surface area contributed by atoms with Crippen molar-refractivity contribution in [1.29, 1.82) is 0 Å². The first-order valence-electron chi connectivity index (χ1n) is 4.19. The van der Waals surface area contributed by atoms with Crippen LogP contribution in [0.15, 0.2) is 23.1 Å². The zero-order valence-corrected chi connectivity index (χ0v) is 8.17. The minimum atomic E-state index is -3.05. The number of carbonyl (C=O) groups is 1. The van der Waals surface area contributed by atoms with Crippen LogP contribution >= 0.6 is 0 Å². The molecule has 1 aliphatic rings. The third kappa shape index (κ3) is 1.39. The molecular weight excluding hydrogens is 202 g/mol. The molecule has 0 aromatic heterocycles. The Morgan fingerprint density at radius 3 is 2.86 bits per heavy atom. The molecule has 0 unspecified atom stereocenters. The van der Waals surface area contributed by atoms with Gasteiger partial charge in [-0.25, -0.2) is 8.42 Å². The molecule has 0 saturated heterocycles. The fraction of sp³-hybridized carbons (Fsp3) is 0.222. The van der Waals surface area contributed by atoms with E-state index in [0.717, 1.165) is 5.56 Å². The zero-order valence-electron chi connectivity index (χ0n) is 7.36. The fourth-order valence-electron chi connectivity index (χ4n) is 1.59. The molecule has 14 heavy (non-hydrogen) atoms. The van der Waals surface area contributed by atoms with E-state index in [2.05, 4.69) is 5.32 Å². The van der Waals surface area contributed by atoms with Crippen molar-refractivity contribution in [1.82, 2.24) is 0 Å². The lowest BCUT2D eigenvalue weighted by Crippen LogP contribution is -1.99. The Morgan fingerprint density at radius 2 is 2.14 bits per heavy atom. The first-order chi connectivity index (χ1) is 6.63. The van der Waals surface area contributed by atoms with E-state index in [1.165, 1.54) is 0 Å². The first-order valence-corrected chi connectivity index (χ1v) is 5.84. The van der Waals surface area contributed by atoms with E-state index < -0.39 is 9.84 Å². The van der Waals surface area contributed by atoms with Gasteiger partial charge in [-0.15, -0.1) is 0 Å². The van der Waals surface area contributed by atoms with Crippen molar-refractivity contribution in [3.63, 3.8) is 0 Å². The van der Waals surface area contributed by atoms with Crippen LogP contribution in [0.1, 0.15) is 5.56 Å². The summed E-state index contributed by atoms with van der Waals surface area (Å²) in [7, 11) is -3.05. The number of anilines is 1. The third-order valence-electron chi connectivity index (χ3n) is 2.26. The molecule has 2 rings (SSSR count). The predicted molar refractivity (Wildman–Crippen MR) is 51.9 cm³/mol. The van der Waals surface area contributed by atoms with Gasteiger partial charge in [0.2, 0.25) is 6.41 Å². The van der Waals surface area contributed by atoms with Crippen LogP contribution in [0.3, 0.4) is 0 Å². The third-order valence-corrected chi connectivity index (χ3v) is 4.07. The number of hydrogen-bond acceptors (Lipinski definition) is 3. The van der Waals surface area contributed by atoms with Gasteiger partial charge in [0.25, 0.3) is 0 Å². The second kappa shape index (κ2) is 3.09. The van der Waals surface area contributed by atoms with E-state index >= 15 is 0 Å². The van der Waals surface area contributed by atoms with Crippen molar-refractivity contribution in [3.8, 4) is 0 Å². The Hall–Kier alpha value is -1.36. The summed E-state index contributed by atoms with van der Waals surface area (Å²) in [5, 5.41) is 2.49. The number of carbonyl (C=O) groups excluding carboxylic acids is 1. The summed E-state index contributed by atoms with van der Waals surface area (Å²) >= 11 is 0. The van der Waals surface area contributed by atoms with Gasteiger partial charge in [-0.1, -0.05) is 0 Å². The van der Waals surface area contributed by atoms with Crippen LogP contribution < -0.4 is 5.32 Å². The van der Waals surface area contributed by atoms with Crippen LogP contribution in [0.4, 0.5) is 5.69 Å². The Morgan fingerprint density at radius 1 is 1.36 bits per heavy atom. The highest BCUT2D eigenvalue weighted by atomic mass is 32.2. The molecule has 0 fully saturated rings. The quantitative estimate of drug-likeness (QED) is 0.728. The van der Waals surface area contributed by atoms with Crippen molar-refractivity contribution in [2.45, 2.75) is 11.3 Å². The van der Waals surface area contributed by atoms with Crippen LogP contribution in [-0.2, 0) is 21.1 Å². The topological polar surface area (TPSA) is 63.2 Å². The molecule has 5 heteroatoms. The highest BCUT2D eigenvalue weighted by molar-refractivity contribution is 7.91. The molecule has 0 radical (unpaired) electrons. The highest BCUT2D eigenvalue weighted by Gasteiger charge is 2.25. The molecule has 0 spiro atoms. The van der Waals surface area contributed by atoms with E-state index in [4.69, 9.17) is 0 Å². The summed E-state index contributed by atoms with van der Waals surface area (Å²) in [6.07, 6.45) is 1.11. The van der Waals surface area contributed by atoms with Crippen LogP contribution in [0.2, 0.25) is 0 Å². The second-order valence-corrected chi connectivity index (χ2v) is 5.23. The Kier molecular flexibility index (Phi) is 2.03. The maximum Gasteiger partial charge on any atom is 0.211 e. The predicted octanol–water partition coefficient (Wildman–Crippen LogP) is 0.585. The first kappa shape index (κ1) is 9.21. The normalized spacial score (nSPS) is 17.4. The van der Waals surface area contributed by atoms with Gasteiger partial charge >= 0.3 is 0 Å². The van der Waals surface area contributed by atoms with Crippen molar-refractivity contribution in [3.05, 3.63) is 23.8 Å². The molecule has 0 saturated carbocycles. The number of benzene rings is 1. The maximum absolute atomic E-state index is 11.4. The van der Waals surface area contributed by atoms with Gasteiger partial charge in [-0.2, -0.15) is 0 Å². The second-order valence-electron chi connectivity index (χ2n) is 3.15. The Labute approximate surface area is 81.9 Å². The standard InChI is InChI=1S/C9H9NO3S/c11-6-10-8-1-2-9-7(5-8)3-4-14(9,12)13/h1-2,5-6H,3-4H2,(H,10,11).